The topological polar surface area (TPSA) is 74.7 Å². The monoisotopic (exact) mass is 377 g/mol. The second-order valence-corrected chi connectivity index (χ2v) is 7.13. The maximum Gasteiger partial charge on any atom is 0.324 e. The molecular formula is C14H10Cl2FNO4S. The highest BCUT2D eigenvalue weighted by Gasteiger charge is 2.29. The lowest BCUT2D eigenvalue weighted by atomic mass is 10.3. The van der Waals surface area contributed by atoms with Crippen molar-refractivity contribution in [2.75, 3.05) is 10.8 Å². The van der Waals surface area contributed by atoms with Gasteiger partial charge in [0, 0.05) is 5.02 Å². The molecule has 0 amide bonds. The minimum Gasteiger partial charge on any atom is -0.480 e. The van der Waals surface area contributed by atoms with Gasteiger partial charge in [0.25, 0.3) is 10.0 Å². The average Bonchev–Trinajstić information content (AvgIpc) is 2.47. The summed E-state index contributed by atoms with van der Waals surface area (Å²) in [5.41, 5.74) is -0.136. The predicted molar refractivity (Wildman–Crippen MR) is 85.0 cm³/mol. The molecule has 0 atom stereocenters. The highest BCUT2D eigenvalue weighted by Crippen LogP contribution is 2.30. The first-order chi connectivity index (χ1) is 10.7. The molecule has 0 unspecified atom stereocenters. The minimum absolute atomic E-state index is 0.113. The van der Waals surface area contributed by atoms with Crippen molar-refractivity contribution in [3.05, 3.63) is 58.3 Å². The third-order valence-electron chi connectivity index (χ3n) is 2.84. The fraction of sp³-hybridized carbons (Fsp3) is 0.0714. The van der Waals surface area contributed by atoms with Gasteiger partial charge in [-0.05, 0) is 36.4 Å². The van der Waals surface area contributed by atoms with Crippen LogP contribution in [0.4, 0.5) is 10.1 Å². The van der Waals surface area contributed by atoms with Gasteiger partial charge in [-0.1, -0.05) is 29.3 Å². The summed E-state index contributed by atoms with van der Waals surface area (Å²) in [6.07, 6.45) is 0. The number of hydrogen-bond donors (Lipinski definition) is 1. The van der Waals surface area contributed by atoms with Gasteiger partial charge in [0.15, 0.2) is 0 Å². The molecule has 2 aromatic carbocycles. The maximum absolute atomic E-state index is 13.4. The lowest BCUT2D eigenvalue weighted by Crippen LogP contribution is -2.36. The van der Waals surface area contributed by atoms with Crippen molar-refractivity contribution in [2.24, 2.45) is 0 Å². The Kier molecular flexibility index (Phi) is 5.13. The number of carbonyl (C=O) groups is 1. The van der Waals surface area contributed by atoms with E-state index < -0.39 is 28.4 Å². The van der Waals surface area contributed by atoms with Gasteiger partial charge in [0.05, 0.1) is 10.7 Å². The summed E-state index contributed by atoms with van der Waals surface area (Å²) >= 11 is 11.7. The molecule has 0 radical (unpaired) electrons. The summed E-state index contributed by atoms with van der Waals surface area (Å²) in [5.74, 6) is -2.11. The van der Waals surface area contributed by atoms with Crippen molar-refractivity contribution >= 4 is 44.9 Å². The van der Waals surface area contributed by atoms with Crippen molar-refractivity contribution < 1.29 is 22.7 Å². The molecule has 122 valence electrons. The van der Waals surface area contributed by atoms with Crippen LogP contribution in [-0.2, 0) is 14.8 Å². The fourth-order valence-electron chi connectivity index (χ4n) is 1.86. The van der Waals surface area contributed by atoms with E-state index in [0.29, 0.717) is 4.31 Å². The summed E-state index contributed by atoms with van der Waals surface area (Å²) in [7, 11) is -4.35. The smallest absolute Gasteiger partial charge is 0.324 e. The van der Waals surface area contributed by atoms with Gasteiger partial charge in [-0.15, -0.1) is 0 Å². The molecule has 0 bridgehead atoms. The number of aliphatic carboxylic acids is 1. The van der Waals surface area contributed by atoms with Gasteiger partial charge in [0.2, 0.25) is 0 Å². The number of carboxylic acids is 1. The quantitative estimate of drug-likeness (QED) is 0.865. The van der Waals surface area contributed by atoms with E-state index in [9.17, 15) is 17.6 Å². The Hall–Kier alpha value is -1.83. The van der Waals surface area contributed by atoms with E-state index >= 15 is 0 Å². The van der Waals surface area contributed by atoms with Crippen molar-refractivity contribution in [1.29, 1.82) is 0 Å². The molecule has 1 N–H and O–H groups in total. The van der Waals surface area contributed by atoms with Crippen molar-refractivity contribution in [1.82, 2.24) is 0 Å². The van der Waals surface area contributed by atoms with Crippen LogP contribution in [0.15, 0.2) is 47.4 Å². The summed E-state index contributed by atoms with van der Waals surface area (Å²) in [5, 5.41) is 8.98. The van der Waals surface area contributed by atoms with Crippen molar-refractivity contribution in [3.8, 4) is 0 Å². The molecule has 0 heterocycles. The molecule has 0 aliphatic rings. The zero-order chi connectivity index (χ0) is 17.2. The van der Waals surface area contributed by atoms with Crippen LogP contribution >= 0.6 is 23.2 Å². The Morgan fingerprint density at radius 1 is 1.17 bits per heavy atom. The highest BCUT2D eigenvalue weighted by molar-refractivity contribution is 7.93. The molecule has 9 heteroatoms. The number of nitrogens with zero attached hydrogens (tertiary/aromatic N) is 1. The van der Waals surface area contributed by atoms with Crippen LogP contribution < -0.4 is 4.31 Å². The summed E-state index contributed by atoms with van der Waals surface area (Å²) in [4.78, 5) is 10.7. The van der Waals surface area contributed by atoms with Crippen LogP contribution in [0.5, 0.6) is 0 Å². The number of hydrogen-bond acceptors (Lipinski definition) is 3. The maximum atomic E-state index is 13.4. The summed E-state index contributed by atoms with van der Waals surface area (Å²) in [6.45, 7) is -0.894. The highest BCUT2D eigenvalue weighted by atomic mass is 35.5. The number of carboxylic acid groups (broad SMARTS) is 1. The number of halogens is 3. The predicted octanol–water partition coefficient (Wildman–Crippen LogP) is 3.41. The molecule has 0 aliphatic carbocycles. The molecule has 0 saturated heterocycles. The molecular weight excluding hydrogens is 368 g/mol. The zero-order valence-corrected chi connectivity index (χ0v) is 13.7. The Bertz CT molecular complexity index is 858. The Labute approximate surface area is 141 Å². The van der Waals surface area contributed by atoms with Crippen molar-refractivity contribution in [3.63, 3.8) is 0 Å². The van der Waals surface area contributed by atoms with E-state index in [1.165, 1.54) is 24.3 Å². The summed E-state index contributed by atoms with van der Waals surface area (Å²) in [6, 6.07) is 8.36. The fourth-order valence-corrected chi connectivity index (χ4v) is 4.01. The molecule has 2 aromatic rings. The van der Waals surface area contributed by atoms with Gasteiger partial charge in [-0.25, -0.2) is 12.8 Å². The first-order valence-corrected chi connectivity index (χ1v) is 8.36. The molecule has 0 aromatic heterocycles. The van der Waals surface area contributed by atoms with Crippen LogP contribution in [0.1, 0.15) is 0 Å². The van der Waals surface area contributed by atoms with E-state index in [4.69, 9.17) is 28.3 Å². The SMILES string of the molecule is O=C(O)CN(c1cccc(F)c1)S(=O)(=O)c1cc(Cl)ccc1Cl. The Balaban J connectivity index is 2.62. The van der Waals surface area contributed by atoms with Crippen LogP contribution in [0.3, 0.4) is 0 Å². The van der Waals surface area contributed by atoms with Crippen LogP contribution in [-0.4, -0.2) is 26.0 Å². The number of anilines is 1. The van der Waals surface area contributed by atoms with Gasteiger partial charge in [-0.2, -0.15) is 0 Å². The third-order valence-corrected chi connectivity index (χ3v) is 5.33. The van der Waals surface area contributed by atoms with Gasteiger partial charge in [0.1, 0.15) is 17.3 Å². The largest absolute Gasteiger partial charge is 0.480 e. The normalized spacial score (nSPS) is 11.3. The van der Waals surface area contributed by atoms with E-state index in [0.717, 1.165) is 18.2 Å². The van der Waals surface area contributed by atoms with E-state index in [1.807, 2.05) is 0 Å². The Morgan fingerprint density at radius 3 is 2.48 bits per heavy atom. The minimum atomic E-state index is -4.35. The van der Waals surface area contributed by atoms with Gasteiger partial charge >= 0.3 is 5.97 Å². The number of benzene rings is 2. The van der Waals surface area contributed by atoms with E-state index in [1.54, 1.807) is 0 Å². The summed E-state index contributed by atoms with van der Waals surface area (Å²) < 4.78 is 39.4. The molecule has 23 heavy (non-hydrogen) atoms. The molecule has 0 saturated carbocycles. The number of sulfonamides is 1. The second-order valence-electron chi connectivity index (χ2n) is 4.46. The molecule has 2 rings (SSSR count). The standard InChI is InChI=1S/C14H10Cl2FNO4S/c15-9-4-5-12(16)13(6-9)23(21,22)18(8-14(19)20)11-3-1-2-10(17)7-11/h1-7H,8H2,(H,19,20). The van der Waals surface area contributed by atoms with Crippen LogP contribution in [0.2, 0.25) is 10.0 Å². The lowest BCUT2D eigenvalue weighted by Gasteiger charge is -2.23. The van der Waals surface area contributed by atoms with E-state index in [-0.39, 0.29) is 20.6 Å². The number of rotatable bonds is 5. The van der Waals surface area contributed by atoms with Gasteiger partial charge in [-0.3, -0.25) is 9.10 Å². The molecule has 0 fully saturated rings. The van der Waals surface area contributed by atoms with Crippen LogP contribution in [0.25, 0.3) is 0 Å². The lowest BCUT2D eigenvalue weighted by molar-refractivity contribution is -0.135. The van der Waals surface area contributed by atoms with Crippen molar-refractivity contribution in [2.45, 2.75) is 4.90 Å². The van der Waals surface area contributed by atoms with Gasteiger partial charge < -0.3 is 5.11 Å². The first kappa shape index (κ1) is 17.5. The second kappa shape index (κ2) is 6.74. The third kappa shape index (κ3) is 3.93. The molecule has 5 nitrogen and oxygen atoms in total. The zero-order valence-electron chi connectivity index (χ0n) is 11.4. The van der Waals surface area contributed by atoms with E-state index in [2.05, 4.69) is 0 Å². The first-order valence-electron chi connectivity index (χ1n) is 6.17. The molecule has 0 spiro atoms. The van der Waals surface area contributed by atoms with Crippen LogP contribution in [0, 0.1) is 5.82 Å². The average molecular weight is 378 g/mol. The molecule has 0 aliphatic heterocycles. The Morgan fingerprint density at radius 2 is 1.87 bits per heavy atom.